The average molecular weight is 298 g/mol. The van der Waals surface area contributed by atoms with Crippen LogP contribution in [0.2, 0.25) is 0 Å². The number of hydrogen-bond donors (Lipinski definition) is 1. The fraction of sp³-hybridized carbons (Fsp3) is 0.429. The van der Waals surface area contributed by atoms with E-state index in [1.807, 2.05) is 0 Å². The van der Waals surface area contributed by atoms with E-state index in [-0.39, 0.29) is 37.4 Å². The summed E-state index contributed by atoms with van der Waals surface area (Å²) in [6.45, 7) is 7.66. The van der Waals surface area contributed by atoms with Crippen molar-refractivity contribution in [2.24, 2.45) is 5.92 Å². The van der Waals surface area contributed by atoms with Crippen LogP contribution in [0.25, 0.3) is 0 Å². The quantitative estimate of drug-likeness (QED) is 0.210. The van der Waals surface area contributed by atoms with Crippen molar-refractivity contribution in [2.75, 3.05) is 13.2 Å². The lowest BCUT2D eigenvalue weighted by atomic mass is 10.0. The molecule has 0 aliphatic carbocycles. The number of hydrogen-bond acceptors (Lipinski definition) is 6. The summed E-state index contributed by atoms with van der Waals surface area (Å²) in [7, 11) is 0. The van der Waals surface area contributed by atoms with E-state index in [1.165, 1.54) is 13.0 Å². The number of ketones is 1. The van der Waals surface area contributed by atoms with Gasteiger partial charge in [0, 0.05) is 5.57 Å². The molecule has 0 saturated carbocycles. The number of carboxylic acids is 1. The lowest BCUT2D eigenvalue weighted by molar-refractivity contribution is -0.151. The van der Waals surface area contributed by atoms with Gasteiger partial charge < -0.3 is 14.6 Å². The zero-order valence-corrected chi connectivity index (χ0v) is 11.8. The second kappa shape index (κ2) is 9.46. The molecule has 0 rings (SSSR count). The molecule has 1 N–H and O–H groups in total. The highest BCUT2D eigenvalue weighted by Crippen LogP contribution is 2.13. The predicted molar refractivity (Wildman–Crippen MR) is 72.3 cm³/mol. The predicted octanol–water partition coefficient (Wildman–Crippen LogP) is 0.885. The Hall–Kier alpha value is -2.44. The molecular formula is C14H18O7. The smallest absolute Gasteiger partial charge is 0.333 e. The fourth-order valence-corrected chi connectivity index (χ4v) is 1.27. The van der Waals surface area contributed by atoms with Crippen molar-refractivity contribution in [1.29, 1.82) is 0 Å². The van der Waals surface area contributed by atoms with Crippen LogP contribution in [0, 0.1) is 5.92 Å². The molecule has 0 fully saturated rings. The average Bonchev–Trinajstić information content (AvgIpc) is 2.39. The monoisotopic (exact) mass is 298 g/mol. The topological polar surface area (TPSA) is 107 Å². The van der Waals surface area contributed by atoms with Gasteiger partial charge in [0.1, 0.15) is 25.4 Å². The van der Waals surface area contributed by atoms with Crippen molar-refractivity contribution in [2.45, 2.75) is 19.8 Å². The highest BCUT2D eigenvalue weighted by atomic mass is 16.6. The summed E-state index contributed by atoms with van der Waals surface area (Å²) in [5.74, 6) is -3.83. The van der Waals surface area contributed by atoms with E-state index in [9.17, 15) is 19.2 Å². The third-order valence-corrected chi connectivity index (χ3v) is 2.33. The van der Waals surface area contributed by atoms with Gasteiger partial charge in [0.05, 0.1) is 5.92 Å². The summed E-state index contributed by atoms with van der Waals surface area (Å²) >= 11 is 0. The minimum Gasteiger partial charge on any atom is -0.481 e. The van der Waals surface area contributed by atoms with E-state index < -0.39 is 23.8 Å². The van der Waals surface area contributed by atoms with Crippen LogP contribution in [0.1, 0.15) is 19.8 Å². The Kier molecular flexibility index (Phi) is 8.36. The first-order chi connectivity index (χ1) is 9.77. The molecule has 1 atom stereocenters. The Morgan fingerprint density at radius 2 is 1.76 bits per heavy atom. The highest BCUT2D eigenvalue weighted by molar-refractivity contribution is 5.94. The molecule has 116 valence electrons. The number of carbonyl (C=O) groups excluding carboxylic acids is 3. The van der Waals surface area contributed by atoms with Crippen LogP contribution in [0.3, 0.4) is 0 Å². The van der Waals surface area contributed by atoms with Gasteiger partial charge in [-0.05, 0) is 13.3 Å². The second-order valence-electron chi connectivity index (χ2n) is 4.22. The number of Topliss-reactive ketones (excluding diaryl/α,β-unsaturated/α-hetero) is 1. The summed E-state index contributed by atoms with van der Waals surface area (Å²) in [6.07, 6.45) is 0.756. The van der Waals surface area contributed by atoms with Gasteiger partial charge in [0.25, 0.3) is 0 Å². The van der Waals surface area contributed by atoms with Crippen LogP contribution in [0.15, 0.2) is 24.8 Å². The largest absolute Gasteiger partial charge is 0.481 e. The van der Waals surface area contributed by atoms with Crippen LogP contribution >= 0.6 is 0 Å². The molecular weight excluding hydrogens is 280 g/mol. The van der Waals surface area contributed by atoms with Gasteiger partial charge in [-0.3, -0.25) is 14.4 Å². The third-order valence-electron chi connectivity index (χ3n) is 2.33. The zero-order chi connectivity index (χ0) is 16.4. The van der Waals surface area contributed by atoms with Gasteiger partial charge in [-0.2, -0.15) is 0 Å². The summed E-state index contributed by atoms with van der Waals surface area (Å²) in [4.78, 5) is 43.9. The highest BCUT2D eigenvalue weighted by Gasteiger charge is 2.19. The van der Waals surface area contributed by atoms with Crippen molar-refractivity contribution >= 4 is 23.7 Å². The molecule has 0 aliphatic heterocycles. The number of esters is 2. The molecule has 0 bridgehead atoms. The first kappa shape index (κ1) is 18.6. The molecule has 0 aliphatic rings. The normalized spacial score (nSPS) is 11.1. The molecule has 1 unspecified atom stereocenters. The number of ether oxygens (including phenoxy) is 2. The summed E-state index contributed by atoms with van der Waals surface area (Å²) in [5.41, 5.74) is -0.0163. The van der Waals surface area contributed by atoms with E-state index in [1.54, 1.807) is 0 Å². The summed E-state index contributed by atoms with van der Waals surface area (Å²) < 4.78 is 9.40. The number of aliphatic carboxylic acids is 1. The fourth-order valence-electron chi connectivity index (χ4n) is 1.27. The Bertz CT molecular complexity index is 450. The molecule has 0 aromatic rings. The number of carbonyl (C=O) groups is 4. The van der Waals surface area contributed by atoms with E-state index in [4.69, 9.17) is 9.84 Å². The Morgan fingerprint density at radius 1 is 1.19 bits per heavy atom. The second-order valence-corrected chi connectivity index (χ2v) is 4.22. The van der Waals surface area contributed by atoms with Crippen molar-refractivity contribution in [3.8, 4) is 0 Å². The first-order valence-electron chi connectivity index (χ1n) is 6.13. The molecule has 0 aromatic carbocycles. The molecule has 0 spiro atoms. The first-order valence-corrected chi connectivity index (χ1v) is 6.13. The maximum absolute atomic E-state index is 11.5. The van der Waals surface area contributed by atoms with Crippen LogP contribution in [-0.2, 0) is 28.7 Å². The van der Waals surface area contributed by atoms with Gasteiger partial charge in [0.2, 0.25) is 0 Å². The van der Waals surface area contributed by atoms with E-state index >= 15 is 0 Å². The SMILES string of the molecule is C=CC(CC(=C)C(=O)OCCOC(=O)CC(C)=O)C(=O)O. The maximum atomic E-state index is 11.5. The van der Waals surface area contributed by atoms with Crippen LogP contribution in [0.5, 0.6) is 0 Å². The third kappa shape index (κ3) is 8.35. The van der Waals surface area contributed by atoms with Gasteiger partial charge in [-0.1, -0.05) is 12.7 Å². The molecule has 0 heterocycles. The Labute approximate surface area is 122 Å². The lowest BCUT2D eigenvalue weighted by Gasteiger charge is -2.10. The minimum absolute atomic E-state index is 0.0163. The minimum atomic E-state index is -1.11. The van der Waals surface area contributed by atoms with Crippen molar-refractivity contribution < 1.29 is 33.8 Å². The van der Waals surface area contributed by atoms with E-state index in [0.29, 0.717) is 0 Å². The lowest BCUT2D eigenvalue weighted by Crippen LogP contribution is -2.18. The molecule has 0 aromatic heterocycles. The van der Waals surface area contributed by atoms with Crippen LogP contribution in [-0.4, -0.2) is 42.0 Å². The van der Waals surface area contributed by atoms with Gasteiger partial charge in [-0.15, -0.1) is 6.58 Å². The summed E-state index contributed by atoms with van der Waals surface area (Å²) in [5, 5.41) is 8.80. The Morgan fingerprint density at radius 3 is 2.24 bits per heavy atom. The van der Waals surface area contributed by atoms with Crippen molar-refractivity contribution in [1.82, 2.24) is 0 Å². The van der Waals surface area contributed by atoms with E-state index in [0.717, 1.165) is 0 Å². The maximum Gasteiger partial charge on any atom is 0.333 e. The van der Waals surface area contributed by atoms with Crippen LogP contribution in [0.4, 0.5) is 0 Å². The van der Waals surface area contributed by atoms with Gasteiger partial charge in [0.15, 0.2) is 0 Å². The standard InChI is InChI=1S/C14H18O7/c1-4-11(13(17)18)7-9(2)14(19)21-6-5-20-12(16)8-10(3)15/h4,11H,1-2,5-8H2,3H3,(H,17,18). The molecule has 0 saturated heterocycles. The van der Waals surface area contributed by atoms with E-state index in [2.05, 4.69) is 17.9 Å². The molecule has 7 nitrogen and oxygen atoms in total. The number of rotatable bonds is 10. The van der Waals surface area contributed by atoms with Crippen molar-refractivity contribution in [3.63, 3.8) is 0 Å². The molecule has 21 heavy (non-hydrogen) atoms. The van der Waals surface area contributed by atoms with Crippen LogP contribution < -0.4 is 0 Å². The number of carboxylic acid groups (broad SMARTS) is 1. The molecule has 7 heteroatoms. The summed E-state index contributed by atoms with van der Waals surface area (Å²) in [6, 6.07) is 0. The Balaban J connectivity index is 4.01. The zero-order valence-electron chi connectivity index (χ0n) is 11.8. The molecule has 0 amide bonds. The molecule has 0 radical (unpaired) electrons. The van der Waals surface area contributed by atoms with Crippen molar-refractivity contribution in [3.05, 3.63) is 24.8 Å². The van der Waals surface area contributed by atoms with Gasteiger partial charge in [-0.25, -0.2) is 4.79 Å². The van der Waals surface area contributed by atoms with Gasteiger partial charge >= 0.3 is 17.9 Å².